The molecule has 1 aliphatic rings. The SMILES string of the molecule is CC(C)[C@]1(C)CC[C@H](C(F)(F)F)CC1. The lowest BCUT2D eigenvalue weighted by Gasteiger charge is -2.41. The lowest BCUT2D eigenvalue weighted by Crippen LogP contribution is -2.34. The quantitative estimate of drug-likeness (QED) is 0.599. The van der Waals surface area contributed by atoms with Gasteiger partial charge >= 0.3 is 6.18 Å². The van der Waals surface area contributed by atoms with E-state index < -0.39 is 12.1 Å². The minimum atomic E-state index is -3.97. The number of halogens is 3. The highest BCUT2D eigenvalue weighted by Crippen LogP contribution is 2.48. The van der Waals surface area contributed by atoms with Gasteiger partial charge < -0.3 is 0 Å². The van der Waals surface area contributed by atoms with E-state index >= 15 is 0 Å². The summed E-state index contributed by atoms with van der Waals surface area (Å²) < 4.78 is 37.2. The fourth-order valence-electron chi connectivity index (χ4n) is 2.18. The third kappa shape index (κ3) is 2.43. The van der Waals surface area contributed by atoms with Gasteiger partial charge in [-0.2, -0.15) is 13.2 Å². The number of rotatable bonds is 1. The summed E-state index contributed by atoms with van der Waals surface area (Å²) in [4.78, 5) is 0. The Morgan fingerprint density at radius 2 is 1.57 bits per heavy atom. The normalized spacial score (nSPS) is 34.9. The molecule has 0 aromatic rings. The lowest BCUT2D eigenvalue weighted by atomic mass is 9.66. The van der Waals surface area contributed by atoms with Crippen LogP contribution in [0.2, 0.25) is 0 Å². The fourth-order valence-corrected chi connectivity index (χ4v) is 2.18. The summed E-state index contributed by atoms with van der Waals surface area (Å²) in [6.45, 7) is 6.33. The second kappa shape index (κ2) is 3.74. The molecule has 0 spiro atoms. The van der Waals surface area contributed by atoms with Crippen molar-refractivity contribution in [1.82, 2.24) is 0 Å². The van der Waals surface area contributed by atoms with E-state index in [0.29, 0.717) is 18.8 Å². The fraction of sp³-hybridized carbons (Fsp3) is 1.00. The molecule has 1 fully saturated rings. The third-order valence-electron chi connectivity index (χ3n) is 3.98. The summed E-state index contributed by atoms with van der Waals surface area (Å²) in [5, 5.41) is 0. The van der Waals surface area contributed by atoms with Crippen LogP contribution < -0.4 is 0 Å². The van der Waals surface area contributed by atoms with Crippen LogP contribution in [-0.4, -0.2) is 6.18 Å². The first-order valence-electron chi connectivity index (χ1n) is 5.32. The van der Waals surface area contributed by atoms with Crippen molar-refractivity contribution in [1.29, 1.82) is 0 Å². The Labute approximate surface area is 83.9 Å². The molecule has 0 N–H and O–H groups in total. The van der Waals surface area contributed by atoms with E-state index in [-0.39, 0.29) is 5.41 Å². The molecule has 0 atom stereocenters. The van der Waals surface area contributed by atoms with Gasteiger partial charge in [0.1, 0.15) is 0 Å². The highest BCUT2D eigenvalue weighted by Gasteiger charge is 2.44. The van der Waals surface area contributed by atoms with Crippen LogP contribution >= 0.6 is 0 Å². The smallest absolute Gasteiger partial charge is 0.171 e. The minimum absolute atomic E-state index is 0.127. The predicted octanol–water partition coefficient (Wildman–Crippen LogP) is 4.40. The van der Waals surface area contributed by atoms with Crippen LogP contribution in [0.3, 0.4) is 0 Å². The number of hydrogen-bond acceptors (Lipinski definition) is 0. The van der Waals surface area contributed by atoms with E-state index in [1.54, 1.807) is 0 Å². The van der Waals surface area contributed by atoms with Crippen LogP contribution in [0.15, 0.2) is 0 Å². The van der Waals surface area contributed by atoms with Crippen molar-refractivity contribution in [2.45, 2.75) is 52.6 Å². The first-order chi connectivity index (χ1) is 6.26. The van der Waals surface area contributed by atoms with Crippen LogP contribution in [0.4, 0.5) is 13.2 Å². The third-order valence-corrected chi connectivity index (χ3v) is 3.98. The molecule has 0 amide bonds. The number of alkyl halides is 3. The molecule has 0 aliphatic heterocycles. The van der Waals surface area contributed by atoms with Gasteiger partial charge in [-0.05, 0) is 37.0 Å². The lowest BCUT2D eigenvalue weighted by molar-refractivity contribution is -0.188. The van der Waals surface area contributed by atoms with Crippen molar-refractivity contribution in [3.05, 3.63) is 0 Å². The molecule has 1 saturated carbocycles. The second-order valence-corrected chi connectivity index (χ2v) is 5.12. The maximum atomic E-state index is 12.4. The standard InChI is InChI=1S/C11H19F3/c1-8(2)10(3)6-4-9(5-7-10)11(12,13)14/h8-9H,4-7H2,1-3H3/t9-,10+. The molecule has 14 heavy (non-hydrogen) atoms. The van der Waals surface area contributed by atoms with Crippen molar-refractivity contribution in [3.8, 4) is 0 Å². The molecule has 1 aliphatic carbocycles. The van der Waals surface area contributed by atoms with Gasteiger partial charge in [-0.15, -0.1) is 0 Å². The van der Waals surface area contributed by atoms with Crippen molar-refractivity contribution in [2.24, 2.45) is 17.3 Å². The molecule has 0 nitrogen and oxygen atoms in total. The van der Waals surface area contributed by atoms with Crippen molar-refractivity contribution in [3.63, 3.8) is 0 Å². The zero-order valence-electron chi connectivity index (χ0n) is 9.12. The molecule has 1 rings (SSSR count). The van der Waals surface area contributed by atoms with Crippen LogP contribution in [-0.2, 0) is 0 Å². The van der Waals surface area contributed by atoms with Crippen LogP contribution in [0.5, 0.6) is 0 Å². The Morgan fingerprint density at radius 3 is 1.86 bits per heavy atom. The zero-order chi connectivity index (χ0) is 11.0. The average molecular weight is 208 g/mol. The Kier molecular flexibility index (Phi) is 3.17. The monoisotopic (exact) mass is 208 g/mol. The number of hydrogen-bond donors (Lipinski definition) is 0. The van der Waals surface area contributed by atoms with Crippen LogP contribution in [0.1, 0.15) is 46.5 Å². The molecule has 84 valence electrons. The van der Waals surface area contributed by atoms with E-state index in [2.05, 4.69) is 20.8 Å². The largest absolute Gasteiger partial charge is 0.391 e. The van der Waals surface area contributed by atoms with E-state index in [1.807, 2.05) is 0 Å². The van der Waals surface area contributed by atoms with E-state index in [4.69, 9.17) is 0 Å². The van der Waals surface area contributed by atoms with Gasteiger partial charge in [-0.1, -0.05) is 20.8 Å². The summed E-state index contributed by atoms with van der Waals surface area (Å²) in [7, 11) is 0. The van der Waals surface area contributed by atoms with E-state index in [9.17, 15) is 13.2 Å². The van der Waals surface area contributed by atoms with Crippen molar-refractivity contribution < 1.29 is 13.2 Å². The van der Waals surface area contributed by atoms with Gasteiger partial charge in [0.2, 0.25) is 0 Å². The Hall–Kier alpha value is -0.210. The Balaban J connectivity index is 2.54. The zero-order valence-corrected chi connectivity index (χ0v) is 9.12. The highest BCUT2D eigenvalue weighted by molar-refractivity contribution is 4.86. The van der Waals surface area contributed by atoms with E-state index in [0.717, 1.165) is 12.8 Å². The van der Waals surface area contributed by atoms with Gasteiger partial charge in [0.25, 0.3) is 0 Å². The summed E-state index contributed by atoms with van der Waals surface area (Å²) in [6, 6.07) is 0. The summed E-state index contributed by atoms with van der Waals surface area (Å²) in [6.07, 6.45) is -1.90. The molecule has 0 aromatic heterocycles. The molecule has 0 aromatic carbocycles. The second-order valence-electron chi connectivity index (χ2n) is 5.12. The van der Waals surface area contributed by atoms with Gasteiger partial charge in [-0.3, -0.25) is 0 Å². The summed E-state index contributed by atoms with van der Waals surface area (Å²) in [5.41, 5.74) is 0.127. The van der Waals surface area contributed by atoms with Gasteiger partial charge in [0, 0.05) is 0 Å². The molecule has 0 radical (unpaired) electrons. The average Bonchev–Trinajstić information content (AvgIpc) is 2.03. The highest BCUT2D eigenvalue weighted by atomic mass is 19.4. The predicted molar refractivity (Wildman–Crippen MR) is 51.0 cm³/mol. The summed E-state index contributed by atoms with van der Waals surface area (Å²) in [5.74, 6) is -0.564. The van der Waals surface area contributed by atoms with Crippen molar-refractivity contribution in [2.75, 3.05) is 0 Å². The first kappa shape index (κ1) is 11.9. The summed E-state index contributed by atoms with van der Waals surface area (Å²) >= 11 is 0. The molecule has 0 unspecified atom stereocenters. The van der Waals surface area contributed by atoms with Crippen molar-refractivity contribution >= 4 is 0 Å². The first-order valence-corrected chi connectivity index (χ1v) is 5.32. The van der Waals surface area contributed by atoms with Gasteiger partial charge in [0.05, 0.1) is 5.92 Å². The van der Waals surface area contributed by atoms with E-state index in [1.165, 1.54) is 0 Å². The molecular formula is C11H19F3. The minimum Gasteiger partial charge on any atom is -0.171 e. The Morgan fingerprint density at radius 1 is 1.14 bits per heavy atom. The van der Waals surface area contributed by atoms with Crippen LogP contribution in [0.25, 0.3) is 0 Å². The Bertz CT molecular complexity index is 185. The molecule has 0 heterocycles. The van der Waals surface area contributed by atoms with Gasteiger partial charge in [0.15, 0.2) is 0 Å². The molecule has 3 heteroatoms. The molecule has 0 bridgehead atoms. The molecule has 0 saturated heterocycles. The molecular weight excluding hydrogens is 189 g/mol. The maximum absolute atomic E-state index is 12.4. The van der Waals surface area contributed by atoms with Gasteiger partial charge in [-0.25, -0.2) is 0 Å². The van der Waals surface area contributed by atoms with Crippen LogP contribution in [0, 0.1) is 17.3 Å². The maximum Gasteiger partial charge on any atom is 0.391 e. The topological polar surface area (TPSA) is 0 Å².